The number of nitrogens with one attached hydrogen (secondary N) is 1. The number of likely N-dealkylation sites (N-methyl/N-ethyl adjacent to an activating group) is 1. The molecule has 15 heteroatoms. The molecule has 1 spiro atoms. The van der Waals surface area contributed by atoms with E-state index in [4.69, 9.17) is 26.3 Å². The number of nitrogens with zero attached hydrogens (tertiary/aromatic N) is 8. The quantitative estimate of drug-likeness (QED) is 0.282. The molecule has 6 aliphatic rings. The molecule has 1 aliphatic carbocycles. The zero-order valence-electron chi connectivity index (χ0n) is 35.9. The van der Waals surface area contributed by atoms with Gasteiger partial charge in [-0.25, -0.2) is 14.8 Å². The maximum Gasteiger partial charge on any atom is 0.320 e. The number of benzene rings is 1. The van der Waals surface area contributed by atoms with Crippen LogP contribution in [0.1, 0.15) is 99.7 Å². The Bertz CT molecular complexity index is 2110. The number of anilines is 2. The molecule has 60 heavy (non-hydrogen) atoms. The number of urea groups is 1. The number of carbonyl (C=O) groups excluding carboxylic acids is 2. The van der Waals surface area contributed by atoms with Gasteiger partial charge in [0.25, 0.3) is 0 Å². The number of piperidine rings is 1. The van der Waals surface area contributed by atoms with Crippen molar-refractivity contribution in [1.29, 1.82) is 0 Å². The van der Waals surface area contributed by atoms with E-state index in [0.29, 0.717) is 61.2 Å². The van der Waals surface area contributed by atoms with Crippen LogP contribution in [-0.2, 0) is 16.1 Å². The molecule has 2 aromatic heterocycles. The Kier molecular flexibility index (Phi) is 10.5. The maximum absolute atomic E-state index is 14.2. The number of nitrogens with two attached hydrogens (primary N) is 2. The van der Waals surface area contributed by atoms with Gasteiger partial charge in [0.05, 0.1) is 12.1 Å². The molecule has 1 aromatic carbocycles. The summed E-state index contributed by atoms with van der Waals surface area (Å²) in [5.74, 6) is 1.86. The number of H-pyrrole nitrogens is 1. The predicted octanol–water partition coefficient (Wildman–Crippen LogP) is 4.63. The fourth-order valence-corrected chi connectivity index (χ4v) is 11.1. The van der Waals surface area contributed by atoms with E-state index in [2.05, 4.69) is 42.5 Å². The fraction of sp³-hybridized carbons (Fsp3) is 0.600. The SMILES string of the molecule is CC1c2c([nH]c(N)c2/C=C(\N)c2ccccc2O)CCN1c1ncc(C2CCN(C3CC4(C3)CN(C(=O)N3CCN(C)OC5CCN(C5)C(=O)C3C(C)(C)C)C4)CC2)cn1. The van der Waals surface area contributed by atoms with Gasteiger partial charge in [-0.05, 0) is 87.2 Å². The number of hydrogen-bond acceptors (Lipinski definition) is 11. The Morgan fingerprint density at radius 2 is 1.73 bits per heavy atom. The molecule has 3 atom stereocenters. The van der Waals surface area contributed by atoms with Crippen LogP contribution >= 0.6 is 0 Å². The van der Waals surface area contributed by atoms with Gasteiger partial charge in [-0.3, -0.25) is 9.63 Å². The summed E-state index contributed by atoms with van der Waals surface area (Å²) in [5.41, 5.74) is 18.0. The number of para-hydroxylation sites is 1. The Morgan fingerprint density at radius 3 is 2.43 bits per heavy atom. The second-order valence-corrected chi connectivity index (χ2v) is 19.5. The van der Waals surface area contributed by atoms with Crippen molar-refractivity contribution >= 4 is 35.5 Å². The number of aromatic hydroxyl groups is 1. The van der Waals surface area contributed by atoms with Crippen molar-refractivity contribution in [3.05, 3.63) is 64.6 Å². The molecule has 15 nitrogen and oxygen atoms in total. The first kappa shape index (κ1) is 40.5. The molecule has 5 fully saturated rings. The lowest BCUT2D eigenvalue weighted by Gasteiger charge is -2.62. The molecule has 3 amide bonds. The minimum Gasteiger partial charge on any atom is -0.507 e. The Hall–Kier alpha value is -4.86. The van der Waals surface area contributed by atoms with E-state index in [1.165, 1.54) is 5.56 Å². The van der Waals surface area contributed by atoms with Crippen LogP contribution in [0.2, 0.25) is 0 Å². The van der Waals surface area contributed by atoms with E-state index in [-0.39, 0.29) is 35.2 Å². The van der Waals surface area contributed by atoms with Crippen LogP contribution in [0.4, 0.5) is 16.6 Å². The zero-order chi connectivity index (χ0) is 42.1. The molecule has 7 heterocycles. The van der Waals surface area contributed by atoms with E-state index < -0.39 is 11.5 Å². The molecule has 4 saturated heterocycles. The molecule has 3 aromatic rings. The van der Waals surface area contributed by atoms with Crippen LogP contribution in [0.5, 0.6) is 5.75 Å². The lowest BCUT2D eigenvalue weighted by molar-refractivity contribution is -0.184. The second-order valence-electron chi connectivity index (χ2n) is 19.5. The number of phenolic OH excluding ortho intramolecular Hbond substituents is 1. The number of phenols is 1. The summed E-state index contributed by atoms with van der Waals surface area (Å²) in [4.78, 5) is 58.1. The van der Waals surface area contributed by atoms with Crippen LogP contribution in [0, 0.1) is 10.8 Å². The lowest BCUT2D eigenvalue weighted by Crippen LogP contribution is -2.71. The molecule has 2 bridgehead atoms. The summed E-state index contributed by atoms with van der Waals surface area (Å²) in [6, 6.07) is 7.04. The average Bonchev–Trinajstić information content (AvgIpc) is 3.78. The lowest BCUT2D eigenvalue weighted by atomic mass is 9.60. The largest absolute Gasteiger partial charge is 0.507 e. The Morgan fingerprint density at radius 1 is 1.02 bits per heavy atom. The van der Waals surface area contributed by atoms with Crippen molar-refractivity contribution in [2.45, 2.75) is 96.4 Å². The number of nitrogen functional groups attached to an aromatic ring is 1. The zero-order valence-corrected chi connectivity index (χ0v) is 35.9. The normalized spacial score (nSPS) is 26.0. The highest BCUT2D eigenvalue weighted by atomic mass is 16.7. The highest BCUT2D eigenvalue weighted by Crippen LogP contribution is 2.51. The Balaban J connectivity index is 0.780. The molecule has 3 unspecified atom stereocenters. The summed E-state index contributed by atoms with van der Waals surface area (Å²) < 4.78 is 0. The van der Waals surface area contributed by atoms with Crippen LogP contribution in [0.25, 0.3) is 11.8 Å². The van der Waals surface area contributed by atoms with Gasteiger partial charge in [0.2, 0.25) is 11.9 Å². The molecule has 9 rings (SSSR count). The average molecular weight is 822 g/mol. The van der Waals surface area contributed by atoms with E-state index in [9.17, 15) is 14.7 Å². The Labute approximate surface area is 353 Å². The summed E-state index contributed by atoms with van der Waals surface area (Å²) in [7, 11) is 1.93. The second kappa shape index (κ2) is 15.6. The summed E-state index contributed by atoms with van der Waals surface area (Å²) >= 11 is 0. The fourth-order valence-electron chi connectivity index (χ4n) is 11.1. The molecule has 322 valence electrons. The van der Waals surface area contributed by atoms with E-state index in [1.807, 2.05) is 51.3 Å². The van der Waals surface area contributed by atoms with Gasteiger partial charge in [0.15, 0.2) is 0 Å². The third-order valence-electron chi connectivity index (χ3n) is 14.3. The first-order valence-electron chi connectivity index (χ1n) is 22.0. The predicted molar refractivity (Wildman–Crippen MR) is 231 cm³/mol. The number of fused-ring (bicyclic) bond motifs is 3. The number of amides is 3. The number of carbonyl (C=O) groups is 2. The molecule has 5 aliphatic heterocycles. The first-order valence-corrected chi connectivity index (χ1v) is 22.0. The highest BCUT2D eigenvalue weighted by molar-refractivity contribution is 5.89. The summed E-state index contributed by atoms with van der Waals surface area (Å²) in [5, 5.41) is 12.2. The van der Waals surface area contributed by atoms with Crippen molar-refractivity contribution in [2.75, 3.05) is 76.6 Å². The summed E-state index contributed by atoms with van der Waals surface area (Å²) in [6.07, 6.45) is 11.9. The molecule has 1 saturated carbocycles. The molecule has 6 N–H and O–H groups in total. The highest BCUT2D eigenvalue weighted by Gasteiger charge is 2.57. The minimum atomic E-state index is -0.510. The smallest absolute Gasteiger partial charge is 0.320 e. The van der Waals surface area contributed by atoms with Crippen molar-refractivity contribution in [1.82, 2.24) is 39.6 Å². The van der Waals surface area contributed by atoms with Crippen LogP contribution < -0.4 is 16.4 Å². The molecular weight excluding hydrogens is 759 g/mol. The molecule has 0 radical (unpaired) electrons. The van der Waals surface area contributed by atoms with E-state index >= 15 is 0 Å². The third kappa shape index (κ3) is 7.46. The topological polar surface area (TPSA) is 177 Å². The van der Waals surface area contributed by atoms with Crippen molar-refractivity contribution < 1.29 is 19.5 Å². The van der Waals surface area contributed by atoms with Gasteiger partial charge < -0.3 is 46.1 Å². The van der Waals surface area contributed by atoms with E-state index in [0.717, 1.165) is 88.1 Å². The monoisotopic (exact) mass is 822 g/mol. The maximum atomic E-state index is 14.2. The number of aromatic amines is 1. The number of aromatic nitrogens is 3. The van der Waals surface area contributed by atoms with Gasteiger partial charge in [-0.15, -0.1) is 0 Å². The standard InChI is InChI=1S/C45H63N11O4/c1-28-38-34(20-35(46)33-8-6-7-9-37(33)57)40(47)50-36(38)13-17-55(28)42-48-23-30(24-49-42)29-10-14-52(15-11-29)31-21-45(22-31)26-54(27-45)43(59)56-19-18-51(5)60-32-12-16-53(25-32)41(58)39(56)44(2,3)4/h6-9,20,23-24,28-29,31-32,39,50,57H,10-19,21-22,25-27,46-47H2,1-5H3/b35-20-. The molecular formula is C45H63N11O4. The number of hydroxylamine groups is 2. The number of likely N-dealkylation sites (tertiary alicyclic amines) is 2. The van der Waals surface area contributed by atoms with Crippen LogP contribution in [-0.4, -0.2) is 141 Å². The van der Waals surface area contributed by atoms with Gasteiger partial charge in [0, 0.05) is 111 Å². The van der Waals surface area contributed by atoms with Crippen molar-refractivity contribution in [3.63, 3.8) is 0 Å². The van der Waals surface area contributed by atoms with Gasteiger partial charge in [-0.1, -0.05) is 32.9 Å². The van der Waals surface area contributed by atoms with Gasteiger partial charge >= 0.3 is 6.03 Å². The van der Waals surface area contributed by atoms with Gasteiger partial charge in [-0.2, -0.15) is 5.06 Å². The summed E-state index contributed by atoms with van der Waals surface area (Å²) in [6.45, 7) is 15.0. The van der Waals surface area contributed by atoms with Crippen molar-refractivity contribution in [3.8, 4) is 5.75 Å². The number of hydrogen-bond donors (Lipinski definition) is 4. The van der Waals surface area contributed by atoms with Gasteiger partial charge in [0.1, 0.15) is 17.6 Å². The third-order valence-corrected chi connectivity index (χ3v) is 14.3. The van der Waals surface area contributed by atoms with Crippen LogP contribution in [0.3, 0.4) is 0 Å². The first-order chi connectivity index (χ1) is 28.7. The van der Waals surface area contributed by atoms with E-state index in [1.54, 1.807) is 18.2 Å². The number of rotatable bonds is 5. The van der Waals surface area contributed by atoms with Crippen LogP contribution in [0.15, 0.2) is 36.7 Å². The minimum absolute atomic E-state index is 0.0161. The van der Waals surface area contributed by atoms with Crippen molar-refractivity contribution in [2.24, 2.45) is 16.6 Å².